The minimum Gasteiger partial charge on any atom is -0.486 e. The quantitative estimate of drug-likeness (QED) is 0.211. The summed E-state index contributed by atoms with van der Waals surface area (Å²) in [6.07, 6.45) is 7.71. The summed E-state index contributed by atoms with van der Waals surface area (Å²) in [5.74, 6) is 7.78. The van der Waals surface area contributed by atoms with E-state index in [1.165, 1.54) is 12.4 Å². The molecule has 2 aromatic heterocycles. The maximum absolute atomic E-state index is 12.3. The number of rotatable bonds is 7. The van der Waals surface area contributed by atoms with Crippen LogP contribution in [0.4, 0.5) is 17.2 Å². The van der Waals surface area contributed by atoms with Crippen LogP contribution in [-0.2, 0) is 11.4 Å². The molecule has 41 heavy (non-hydrogen) atoms. The monoisotopic (exact) mass is 564 g/mol. The van der Waals surface area contributed by atoms with Crippen molar-refractivity contribution in [3.8, 4) is 17.6 Å². The van der Waals surface area contributed by atoms with Crippen LogP contribution in [0.2, 0.25) is 5.02 Å². The Hall–Kier alpha value is -4.45. The molecular weight excluding hydrogens is 536 g/mol. The van der Waals surface area contributed by atoms with E-state index < -0.39 is 0 Å². The molecule has 5 heterocycles. The molecule has 4 aromatic rings. The molecule has 2 aromatic carbocycles. The van der Waals surface area contributed by atoms with Gasteiger partial charge in [0.1, 0.15) is 24.5 Å². The van der Waals surface area contributed by atoms with Crippen molar-refractivity contribution in [3.63, 3.8) is 0 Å². The van der Waals surface area contributed by atoms with Crippen LogP contribution in [0.3, 0.4) is 0 Å². The number of anilines is 3. The van der Waals surface area contributed by atoms with E-state index >= 15 is 0 Å². The molecule has 3 aliphatic rings. The number of pyridine rings is 1. The van der Waals surface area contributed by atoms with Gasteiger partial charge in [-0.05, 0) is 87.4 Å². The zero-order valence-electron chi connectivity index (χ0n) is 22.5. The molecule has 0 unspecified atom stereocenters. The van der Waals surface area contributed by atoms with E-state index in [1.54, 1.807) is 18.3 Å². The highest BCUT2D eigenvalue weighted by atomic mass is 35.5. The highest BCUT2D eigenvalue weighted by Crippen LogP contribution is 2.40. The Morgan fingerprint density at radius 2 is 1.93 bits per heavy atom. The van der Waals surface area contributed by atoms with Crippen LogP contribution in [0, 0.1) is 17.3 Å². The smallest absolute Gasteiger partial charge is 0.247 e. The fourth-order valence-corrected chi connectivity index (χ4v) is 5.51. The van der Waals surface area contributed by atoms with Gasteiger partial charge in [0.05, 0.1) is 27.5 Å². The van der Waals surface area contributed by atoms with Gasteiger partial charge >= 0.3 is 0 Å². The van der Waals surface area contributed by atoms with Gasteiger partial charge in [0, 0.05) is 22.7 Å². The van der Waals surface area contributed by atoms with Crippen molar-refractivity contribution >= 4 is 45.6 Å². The topological polar surface area (TPSA) is 92.3 Å². The summed E-state index contributed by atoms with van der Waals surface area (Å²) in [6.45, 7) is 7.19. The number of aromatic nitrogens is 3. The fraction of sp³-hybridized carbons (Fsp3) is 0.250. The first-order valence-corrected chi connectivity index (χ1v) is 14.0. The minimum absolute atomic E-state index is 0.0363. The van der Waals surface area contributed by atoms with Crippen LogP contribution in [0.5, 0.6) is 5.75 Å². The second kappa shape index (κ2) is 11.6. The third kappa shape index (κ3) is 6.02. The van der Waals surface area contributed by atoms with Crippen molar-refractivity contribution < 1.29 is 9.53 Å². The first kappa shape index (κ1) is 26.8. The van der Waals surface area contributed by atoms with E-state index in [9.17, 15) is 4.79 Å². The van der Waals surface area contributed by atoms with Gasteiger partial charge in [-0.3, -0.25) is 9.78 Å². The Kier molecular flexibility index (Phi) is 7.55. The molecule has 3 aliphatic heterocycles. The van der Waals surface area contributed by atoms with E-state index in [-0.39, 0.29) is 11.3 Å². The van der Waals surface area contributed by atoms with Crippen LogP contribution >= 0.6 is 11.6 Å². The first-order chi connectivity index (χ1) is 20.0. The Bertz CT molecular complexity index is 1660. The molecule has 3 fully saturated rings. The van der Waals surface area contributed by atoms with Crippen LogP contribution in [0.15, 0.2) is 73.7 Å². The number of benzene rings is 2. The lowest BCUT2D eigenvalue weighted by Crippen LogP contribution is -2.47. The lowest BCUT2D eigenvalue weighted by molar-refractivity contribution is -0.111. The van der Waals surface area contributed by atoms with Gasteiger partial charge in [-0.2, -0.15) is 0 Å². The standard InChI is InChI=1S/C32H29ClN6O2/c1-2-30(40)38-27-19-25-28(17-22(27)8-9-32-10-14-39(15-11-32)16-12-32)35-21-36-31(25)37-23-6-7-29(26(33)18-23)41-20-24-5-3-4-13-34-24/h2-7,13,17-19,21H,1,10-12,14-16,20H2,(H,38,40)(H,35,36,37). The number of piperidine rings is 3. The maximum Gasteiger partial charge on any atom is 0.247 e. The average molecular weight is 565 g/mol. The molecule has 7 rings (SSSR count). The van der Waals surface area contributed by atoms with Crippen LogP contribution in [0.1, 0.15) is 30.5 Å². The summed E-state index contributed by atoms with van der Waals surface area (Å²) in [6, 6.07) is 14.9. The molecule has 9 heteroatoms. The van der Waals surface area contributed by atoms with E-state index in [0.29, 0.717) is 34.4 Å². The van der Waals surface area contributed by atoms with Crippen molar-refractivity contribution in [2.75, 3.05) is 30.3 Å². The number of amides is 1. The summed E-state index contributed by atoms with van der Waals surface area (Å²) in [4.78, 5) is 28.1. The third-order valence-corrected chi connectivity index (χ3v) is 7.99. The summed E-state index contributed by atoms with van der Waals surface area (Å²) < 4.78 is 5.85. The lowest BCUT2D eigenvalue weighted by atomic mass is 9.72. The lowest BCUT2D eigenvalue weighted by Gasteiger charge is -2.45. The van der Waals surface area contributed by atoms with E-state index in [1.807, 2.05) is 36.4 Å². The number of hydrogen-bond donors (Lipinski definition) is 2. The van der Waals surface area contributed by atoms with E-state index in [0.717, 1.165) is 61.2 Å². The van der Waals surface area contributed by atoms with Crippen molar-refractivity contribution in [1.82, 2.24) is 19.9 Å². The molecule has 3 saturated heterocycles. The van der Waals surface area contributed by atoms with Crippen LogP contribution in [-0.4, -0.2) is 45.4 Å². The summed E-state index contributed by atoms with van der Waals surface area (Å²) in [7, 11) is 0. The van der Waals surface area contributed by atoms with Crippen molar-refractivity contribution in [2.45, 2.75) is 25.9 Å². The van der Waals surface area contributed by atoms with E-state index in [2.05, 4.69) is 48.9 Å². The average Bonchev–Trinajstić information content (AvgIpc) is 3.01. The van der Waals surface area contributed by atoms with E-state index in [4.69, 9.17) is 16.3 Å². The number of nitrogens with one attached hydrogen (secondary N) is 2. The maximum atomic E-state index is 12.3. The molecule has 8 nitrogen and oxygen atoms in total. The predicted molar refractivity (Wildman–Crippen MR) is 161 cm³/mol. The van der Waals surface area contributed by atoms with Gasteiger partial charge in [-0.1, -0.05) is 36.1 Å². The fourth-order valence-electron chi connectivity index (χ4n) is 5.28. The zero-order valence-corrected chi connectivity index (χ0v) is 23.2. The summed E-state index contributed by atoms with van der Waals surface area (Å²) in [5, 5.41) is 7.43. The molecule has 0 atom stereocenters. The Labute approximate surface area is 243 Å². The number of halogens is 1. The van der Waals surface area contributed by atoms with Crippen LogP contribution in [0.25, 0.3) is 10.9 Å². The Morgan fingerprint density at radius 1 is 1.10 bits per heavy atom. The number of ether oxygens (including phenoxy) is 1. The predicted octanol–water partition coefficient (Wildman–Crippen LogP) is 5.96. The largest absolute Gasteiger partial charge is 0.486 e. The van der Waals surface area contributed by atoms with Gasteiger partial charge in [0.25, 0.3) is 0 Å². The third-order valence-electron chi connectivity index (χ3n) is 7.70. The van der Waals surface area contributed by atoms with Gasteiger partial charge in [-0.15, -0.1) is 0 Å². The molecule has 1 amide bonds. The van der Waals surface area contributed by atoms with Crippen molar-refractivity contribution in [2.24, 2.45) is 5.41 Å². The molecule has 2 bridgehead atoms. The van der Waals surface area contributed by atoms with Crippen molar-refractivity contribution in [3.05, 3.63) is 90.0 Å². The Balaban J connectivity index is 1.28. The molecular formula is C32H29ClN6O2. The normalized spacial score (nSPS) is 19.2. The van der Waals surface area contributed by atoms with Gasteiger partial charge in [0.2, 0.25) is 5.91 Å². The highest BCUT2D eigenvalue weighted by molar-refractivity contribution is 6.32. The highest BCUT2D eigenvalue weighted by Gasteiger charge is 2.37. The molecule has 206 valence electrons. The molecule has 0 radical (unpaired) electrons. The molecule has 0 saturated carbocycles. The summed E-state index contributed by atoms with van der Waals surface area (Å²) >= 11 is 6.53. The second-order valence-electron chi connectivity index (χ2n) is 10.3. The number of nitrogens with zero attached hydrogens (tertiary/aromatic N) is 4. The van der Waals surface area contributed by atoms with Gasteiger partial charge in [-0.25, -0.2) is 9.97 Å². The van der Waals surface area contributed by atoms with Gasteiger partial charge < -0.3 is 20.3 Å². The second-order valence-corrected chi connectivity index (χ2v) is 10.7. The minimum atomic E-state index is -0.309. The van der Waals surface area contributed by atoms with Gasteiger partial charge in [0.15, 0.2) is 0 Å². The molecule has 2 N–H and O–H groups in total. The Morgan fingerprint density at radius 3 is 2.66 bits per heavy atom. The zero-order chi connectivity index (χ0) is 28.2. The first-order valence-electron chi connectivity index (χ1n) is 13.6. The number of hydrogen-bond acceptors (Lipinski definition) is 7. The molecule has 0 spiro atoms. The number of carbonyl (C=O) groups excluding carboxylic acids is 1. The number of carbonyl (C=O) groups is 1. The van der Waals surface area contributed by atoms with Crippen LogP contribution < -0.4 is 15.4 Å². The van der Waals surface area contributed by atoms with Crippen molar-refractivity contribution in [1.29, 1.82) is 0 Å². The number of fused-ring (bicyclic) bond motifs is 4. The molecule has 0 aliphatic carbocycles. The summed E-state index contributed by atoms with van der Waals surface area (Å²) in [5.41, 5.74) is 3.59. The SMILES string of the molecule is C=CC(=O)Nc1cc2c(Nc3ccc(OCc4ccccn4)c(Cl)c3)ncnc2cc1C#CC12CCN(CC1)CC2.